The number of hydrogen-bond donors (Lipinski definition) is 1. The molecule has 0 spiro atoms. The number of hydrogen-bond acceptors (Lipinski definition) is 3. The van der Waals surface area contributed by atoms with Crippen LogP contribution in [0, 0.1) is 0 Å². The number of amides is 1. The Morgan fingerprint density at radius 3 is 2.12 bits per heavy atom. The van der Waals surface area contributed by atoms with Crippen molar-refractivity contribution in [2.75, 3.05) is 12.1 Å². The first-order valence-corrected chi connectivity index (χ1v) is 7.97. The zero-order valence-corrected chi connectivity index (χ0v) is 14.6. The van der Waals surface area contributed by atoms with Crippen LogP contribution in [0.3, 0.4) is 0 Å². The summed E-state index contributed by atoms with van der Waals surface area (Å²) in [7, 11) is 0. The van der Waals surface area contributed by atoms with Gasteiger partial charge in [-0.05, 0) is 28.8 Å². The van der Waals surface area contributed by atoms with Crippen LogP contribution in [0.4, 0.5) is 10.5 Å². The molecule has 0 aliphatic heterocycles. The van der Waals surface area contributed by atoms with Crippen LogP contribution >= 0.6 is 0 Å². The van der Waals surface area contributed by atoms with Crippen molar-refractivity contribution in [1.82, 2.24) is 0 Å². The number of nitrogens with one attached hydrogen (secondary N) is 1. The highest BCUT2D eigenvalue weighted by molar-refractivity contribution is 5.84. The normalized spacial score (nSPS) is 10.6. The molecule has 0 saturated heterocycles. The Bertz CT molecular complexity index is 731. The van der Waals surface area contributed by atoms with Crippen LogP contribution in [-0.4, -0.2) is 12.9 Å². The predicted octanol–water partition coefficient (Wildman–Crippen LogP) is 5.32. The Kier molecular flexibility index (Phi) is 6.01. The van der Waals surface area contributed by atoms with Gasteiger partial charge in [0.2, 0.25) is 6.79 Å². The summed E-state index contributed by atoms with van der Waals surface area (Å²) in [5.41, 5.74) is 3.95. The van der Waals surface area contributed by atoms with E-state index in [0.717, 1.165) is 11.1 Å². The van der Waals surface area contributed by atoms with Crippen LogP contribution in [0.1, 0.15) is 30.5 Å². The summed E-state index contributed by atoms with van der Waals surface area (Å²) in [4.78, 5) is 11.6. The lowest BCUT2D eigenvalue weighted by Crippen LogP contribution is -2.19. The second kappa shape index (κ2) is 8.20. The fraction of sp³-hybridized carbons (Fsp3) is 0.190. The molecule has 1 amide bonds. The first kappa shape index (κ1) is 18.3. The minimum Gasteiger partial charge on any atom is -0.466 e. The summed E-state index contributed by atoms with van der Waals surface area (Å²) < 4.78 is 9.57. The van der Waals surface area contributed by atoms with Crippen molar-refractivity contribution in [2.45, 2.75) is 19.3 Å². The largest absolute Gasteiger partial charge is 0.466 e. The number of anilines is 1. The highest BCUT2D eigenvalue weighted by atomic mass is 16.7. The van der Waals surface area contributed by atoms with E-state index >= 15 is 0 Å². The summed E-state index contributed by atoms with van der Waals surface area (Å²) >= 11 is 0. The third-order valence-electron chi connectivity index (χ3n) is 4.10. The van der Waals surface area contributed by atoms with Gasteiger partial charge in [-0.25, -0.2) is 4.79 Å². The quantitative estimate of drug-likeness (QED) is 0.422. The highest BCUT2D eigenvalue weighted by Crippen LogP contribution is 2.32. The predicted molar refractivity (Wildman–Crippen MR) is 101 cm³/mol. The Morgan fingerprint density at radius 1 is 1.04 bits per heavy atom. The molecule has 25 heavy (non-hydrogen) atoms. The fourth-order valence-corrected chi connectivity index (χ4v) is 2.46. The van der Waals surface area contributed by atoms with Gasteiger partial charge in [0.05, 0.1) is 6.26 Å². The Morgan fingerprint density at radius 2 is 1.60 bits per heavy atom. The van der Waals surface area contributed by atoms with Crippen molar-refractivity contribution >= 4 is 17.9 Å². The molecular formula is C21H23NO3. The maximum atomic E-state index is 11.6. The van der Waals surface area contributed by atoms with Gasteiger partial charge < -0.3 is 9.47 Å². The molecular weight excluding hydrogens is 314 g/mol. The second-order valence-corrected chi connectivity index (χ2v) is 6.04. The average Bonchev–Trinajstić information content (AvgIpc) is 2.62. The zero-order valence-electron chi connectivity index (χ0n) is 14.6. The average molecular weight is 337 g/mol. The molecule has 0 bridgehead atoms. The van der Waals surface area contributed by atoms with E-state index in [0.29, 0.717) is 5.69 Å². The topological polar surface area (TPSA) is 47.6 Å². The van der Waals surface area contributed by atoms with Crippen molar-refractivity contribution in [1.29, 1.82) is 0 Å². The van der Waals surface area contributed by atoms with E-state index in [9.17, 15) is 4.79 Å². The van der Waals surface area contributed by atoms with Crippen LogP contribution in [0.2, 0.25) is 0 Å². The maximum absolute atomic E-state index is 11.6. The lowest BCUT2D eigenvalue weighted by Gasteiger charge is -2.26. The van der Waals surface area contributed by atoms with Gasteiger partial charge in [-0.3, -0.25) is 5.32 Å². The minimum absolute atomic E-state index is 0.156. The van der Waals surface area contributed by atoms with E-state index in [1.54, 1.807) is 0 Å². The molecule has 0 radical (unpaired) electrons. The molecule has 0 aliphatic rings. The van der Waals surface area contributed by atoms with Crippen LogP contribution in [0.25, 0.3) is 6.08 Å². The lowest BCUT2D eigenvalue weighted by molar-refractivity contribution is 0.0408. The van der Waals surface area contributed by atoms with E-state index in [-0.39, 0.29) is 12.2 Å². The number of carbonyl (C=O) groups excluding carboxylic acids is 1. The third-order valence-corrected chi connectivity index (χ3v) is 4.10. The van der Waals surface area contributed by atoms with E-state index in [1.165, 1.54) is 11.8 Å². The Hall–Kier alpha value is -3.01. The SMILES string of the molecule is C=COCOC(=O)Nc1ccc(C(C)(C)c2ccc(C=C)cc2)cc1. The standard InChI is InChI=1S/C21H23NO3/c1-5-16-7-9-17(10-8-16)21(3,4)18-11-13-19(14-12-18)22-20(23)25-15-24-6-2/h5-14H,1-2,15H2,3-4H3,(H,22,23). The van der Waals surface area contributed by atoms with Gasteiger partial charge in [0.25, 0.3) is 0 Å². The smallest absolute Gasteiger partial charge is 0.414 e. The summed E-state index contributed by atoms with van der Waals surface area (Å²) in [5.74, 6) is 0. The van der Waals surface area contributed by atoms with Crippen molar-refractivity contribution in [3.05, 3.63) is 84.6 Å². The number of carbonyl (C=O) groups is 1. The van der Waals surface area contributed by atoms with E-state index in [4.69, 9.17) is 9.47 Å². The Balaban J connectivity index is 2.08. The van der Waals surface area contributed by atoms with Gasteiger partial charge in [0, 0.05) is 11.1 Å². The zero-order chi connectivity index (χ0) is 18.3. The summed E-state index contributed by atoms with van der Waals surface area (Å²) in [5, 5.41) is 2.65. The number of rotatable bonds is 7. The van der Waals surface area contributed by atoms with Gasteiger partial charge in [0.1, 0.15) is 0 Å². The summed E-state index contributed by atoms with van der Waals surface area (Å²) in [6.07, 6.45) is 2.47. The molecule has 1 N–H and O–H groups in total. The van der Waals surface area contributed by atoms with Crippen molar-refractivity contribution in [3.8, 4) is 0 Å². The molecule has 0 saturated carbocycles. The lowest BCUT2D eigenvalue weighted by atomic mass is 9.78. The second-order valence-electron chi connectivity index (χ2n) is 6.04. The monoisotopic (exact) mass is 337 g/mol. The van der Waals surface area contributed by atoms with Gasteiger partial charge >= 0.3 is 6.09 Å². The molecule has 0 aliphatic carbocycles. The minimum atomic E-state index is -0.575. The molecule has 0 heterocycles. The summed E-state index contributed by atoms with van der Waals surface area (Å²) in [6, 6.07) is 16.0. The van der Waals surface area contributed by atoms with Gasteiger partial charge in [-0.1, -0.05) is 69.5 Å². The summed E-state index contributed by atoms with van der Waals surface area (Å²) in [6.45, 7) is 11.3. The van der Waals surface area contributed by atoms with Gasteiger partial charge in [-0.2, -0.15) is 0 Å². The molecule has 0 unspecified atom stereocenters. The molecule has 130 valence electrons. The molecule has 2 rings (SSSR count). The van der Waals surface area contributed by atoms with Crippen LogP contribution in [-0.2, 0) is 14.9 Å². The van der Waals surface area contributed by atoms with Crippen molar-refractivity contribution in [2.24, 2.45) is 0 Å². The molecule has 0 atom stereocenters. The molecule has 4 heteroatoms. The highest BCUT2D eigenvalue weighted by Gasteiger charge is 2.22. The number of benzene rings is 2. The first-order chi connectivity index (χ1) is 12.0. The number of ether oxygens (including phenoxy) is 2. The molecule has 0 fully saturated rings. The van der Waals surface area contributed by atoms with Crippen LogP contribution in [0.15, 0.2) is 68.0 Å². The molecule has 2 aromatic rings. The van der Waals surface area contributed by atoms with Crippen LogP contribution < -0.4 is 5.32 Å². The van der Waals surface area contributed by atoms with Crippen molar-refractivity contribution in [3.63, 3.8) is 0 Å². The fourth-order valence-electron chi connectivity index (χ4n) is 2.46. The van der Waals surface area contributed by atoms with E-state index in [1.807, 2.05) is 30.3 Å². The molecule has 0 aromatic heterocycles. The van der Waals surface area contributed by atoms with Crippen molar-refractivity contribution < 1.29 is 14.3 Å². The van der Waals surface area contributed by atoms with Crippen LogP contribution in [0.5, 0.6) is 0 Å². The van der Waals surface area contributed by atoms with E-state index < -0.39 is 6.09 Å². The third kappa shape index (κ3) is 4.73. The van der Waals surface area contributed by atoms with Gasteiger partial charge in [-0.15, -0.1) is 0 Å². The van der Waals surface area contributed by atoms with Gasteiger partial charge in [0.15, 0.2) is 0 Å². The molecule has 4 nitrogen and oxygen atoms in total. The Labute approximate surface area is 148 Å². The van der Waals surface area contributed by atoms with E-state index in [2.05, 4.69) is 56.6 Å². The maximum Gasteiger partial charge on any atom is 0.414 e. The molecule has 2 aromatic carbocycles. The first-order valence-electron chi connectivity index (χ1n) is 7.97.